The molecule has 164 valence electrons. The molecule has 2 aromatic heterocycles. The minimum atomic E-state index is -0.305. The number of hydrogen-bond acceptors (Lipinski definition) is 6. The minimum Gasteiger partial charge on any atom is -0.507 e. The van der Waals surface area contributed by atoms with Crippen molar-refractivity contribution in [2.24, 2.45) is 0 Å². The van der Waals surface area contributed by atoms with Crippen LogP contribution in [0.1, 0.15) is 28.6 Å². The molecule has 7 heteroatoms. The van der Waals surface area contributed by atoms with E-state index in [1.165, 1.54) is 4.90 Å². The van der Waals surface area contributed by atoms with Crippen LogP contribution in [-0.4, -0.2) is 59.0 Å². The average molecular weight is 440 g/mol. The summed E-state index contributed by atoms with van der Waals surface area (Å²) < 4.78 is 7.16. The molecule has 1 aliphatic rings. The molecule has 1 aromatic carbocycles. The van der Waals surface area contributed by atoms with Crippen LogP contribution in [0.15, 0.2) is 62.8 Å². The van der Waals surface area contributed by atoms with E-state index in [0.29, 0.717) is 23.6 Å². The number of benzene rings is 1. The van der Waals surface area contributed by atoms with E-state index in [-0.39, 0.29) is 17.4 Å². The van der Waals surface area contributed by atoms with Crippen LogP contribution in [0.3, 0.4) is 0 Å². The summed E-state index contributed by atoms with van der Waals surface area (Å²) in [6, 6.07) is 13.4. The molecular formula is C24H29N3O3S. The number of aromatic hydroxyl groups is 1. The first kappa shape index (κ1) is 21.7. The van der Waals surface area contributed by atoms with Crippen molar-refractivity contribution in [3.05, 3.63) is 81.7 Å². The lowest BCUT2D eigenvalue weighted by atomic mass is 9.96. The number of nitrogens with zero attached hydrogens (tertiary/aromatic N) is 3. The van der Waals surface area contributed by atoms with E-state index in [9.17, 15) is 9.90 Å². The van der Waals surface area contributed by atoms with E-state index < -0.39 is 0 Å². The zero-order valence-electron chi connectivity index (χ0n) is 18.2. The summed E-state index contributed by atoms with van der Waals surface area (Å²) in [6.45, 7) is 5.68. The topological polar surface area (TPSA) is 61.9 Å². The molecule has 4 rings (SSSR count). The Morgan fingerprint density at radius 1 is 1.13 bits per heavy atom. The minimum absolute atomic E-state index is 0.0519. The summed E-state index contributed by atoms with van der Waals surface area (Å²) in [5.74, 6) is 0.762. The van der Waals surface area contributed by atoms with Crippen molar-refractivity contribution in [2.75, 3.05) is 39.5 Å². The number of piperazine rings is 1. The predicted molar refractivity (Wildman–Crippen MR) is 124 cm³/mol. The molecule has 31 heavy (non-hydrogen) atoms. The lowest BCUT2D eigenvalue weighted by Crippen LogP contribution is -2.47. The van der Waals surface area contributed by atoms with E-state index in [2.05, 4.69) is 41.1 Å². The van der Waals surface area contributed by atoms with Gasteiger partial charge in [0, 0.05) is 36.8 Å². The number of aromatic nitrogens is 1. The molecule has 1 atom stereocenters. The third kappa shape index (κ3) is 4.59. The Hall–Kier alpha value is -2.48. The fourth-order valence-electron chi connectivity index (χ4n) is 4.21. The molecular weight excluding hydrogens is 410 g/mol. The van der Waals surface area contributed by atoms with Crippen molar-refractivity contribution in [3.8, 4) is 5.75 Å². The standard InChI is InChI=1S/C24H29N3O3S/c1-17-15-21(28)22(24(29)27(17)16-19-5-4-14-30-19)23(26-12-10-25(2)11-13-26)18-6-8-20(31-3)9-7-18/h4-9,14-15,23,28H,10-13,16H2,1-3H3/t23-/m1/s1. The van der Waals surface area contributed by atoms with Crippen LogP contribution in [0, 0.1) is 6.92 Å². The quantitative estimate of drug-likeness (QED) is 0.593. The predicted octanol–water partition coefficient (Wildman–Crippen LogP) is 3.56. The first-order valence-electron chi connectivity index (χ1n) is 10.5. The molecule has 1 fully saturated rings. The normalized spacial score (nSPS) is 16.5. The van der Waals surface area contributed by atoms with Gasteiger partial charge in [-0.3, -0.25) is 9.69 Å². The molecule has 0 saturated carbocycles. The number of thioether (sulfide) groups is 1. The summed E-state index contributed by atoms with van der Waals surface area (Å²) in [6.07, 6.45) is 3.66. The van der Waals surface area contributed by atoms with E-state index in [4.69, 9.17) is 4.42 Å². The van der Waals surface area contributed by atoms with E-state index in [1.807, 2.05) is 25.3 Å². The highest BCUT2D eigenvalue weighted by molar-refractivity contribution is 7.98. The van der Waals surface area contributed by atoms with Gasteiger partial charge < -0.3 is 19.0 Å². The van der Waals surface area contributed by atoms with E-state index in [1.54, 1.807) is 28.7 Å². The molecule has 6 nitrogen and oxygen atoms in total. The maximum absolute atomic E-state index is 13.7. The molecule has 0 aliphatic carbocycles. The van der Waals surface area contributed by atoms with E-state index in [0.717, 1.165) is 31.7 Å². The lowest BCUT2D eigenvalue weighted by Gasteiger charge is -2.38. The van der Waals surface area contributed by atoms with Crippen LogP contribution in [0.4, 0.5) is 0 Å². The van der Waals surface area contributed by atoms with Crippen molar-refractivity contribution in [1.82, 2.24) is 14.4 Å². The van der Waals surface area contributed by atoms with Crippen LogP contribution in [0.5, 0.6) is 5.75 Å². The summed E-state index contributed by atoms with van der Waals surface area (Å²) in [4.78, 5) is 19.5. The molecule has 1 N–H and O–H groups in total. The molecule has 0 bridgehead atoms. The summed E-state index contributed by atoms with van der Waals surface area (Å²) in [7, 11) is 2.11. The van der Waals surface area contributed by atoms with Gasteiger partial charge in [-0.15, -0.1) is 11.8 Å². The molecule has 3 heterocycles. The second kappa shape index (κ2) is 9.34. The summed E-state index contributed by atoms with van der Waals surface area (Å²) in [5.41, 5.74) is 1.98. The van der Waals surface area contributed by atoms with Gasteiger partial charge in [0.2, 0.25) is 0 Å². The van der Waals surface area contributed by atoms with Crippen molar-refractivity contribution in [2.45, 2.75) is 24.4 Å². The van der Waals surface area contributed by atoms with Crippen LogP contribution in [0.25, 0.3) is 0 Å². The Labute approximate surface area is 187 Å². The number of likely N-dealkylation sites (N-methyl/N-ethyl adjacent to an activating group) is 1. The molecule has 0 amide bonds. The van der Waals surface area contributed by atoms with Gasteiger partial charge in [0.05, 0.1) is 24.4 Å². The Morgan fingerprint density at radius 3 is 2.45 bits per heavy atom. The highest BCUT2D eigenvalue weighted by Crippen LogP contribution is 2.34. The second-order valence-electron chi connectivity index (χ2n) is 8.07. The lowest BCUT2D eigenvalue weighted by molar-refractivity contribution is 0.125. The monoisotopic (exact) mass is 439 g/mol. The molecule has 3 aromatic rings. The Kier molecular flexibility index (Phi) is 6.55. The average Bonchev–Trinajstić information content (AvgIpc) is 3.28. The fraction of sp³-hybridized carbons (Fsp3) is 0.375. The van der Waals surface area contributed by atoms with Gasteiger partial charge in [-0.05, 0) is 56.1 Å². The second-order valence-corrected chi connectivity index (χ2v) is 8.95. The molecule has 0 unspecified atom stereocenters. The molecule has 1 saturated heterocycles. The highest BCUT2D eigenvalue weighted by Gasteiger charge is 2.31. The van der Waals surface area contributed by atoms with Gasteiger partial charge in [0.1, 0.15) is 11.5 Å². The number of pyridine rings is 1. The highest BCUT2D eigenvalue weighted by atomic mass is 32.2. The maximum atomic E-state index is 13.7. The van der Waals surface area contributed by atoms with Crippen molar-refractivity contribution in [1.29, 1.82) is 0 Å². The molecule has 0 radical (unpaired) electrons. The van der Waals surface area contributed by atoms with Crippen LogP contribution < -0.4 is 5.56 Å². The SMILES string of the molecule is CSc1ccc([C@H](c2c(O)cc(C)n(Cc3ccco3)c2=O)N2CCN(C)CC2)cc1. The van der Waals surface area contributed by atoms with E-state index >= 15 is 0 Å². The Bertz CT molecular complexity index is 1070. The number of aryl methyl sites for hydroxylation is 1. The van der Waals surface area contributed by atoms with Gasteiger partial charge in [0.25, 0.3) is 5.56 Å². The van der Waals surface area contributed by atoms with Crippen LogP contribution in [0.2, 0.25) is 0 Å². The number of rotatable bonds is 6. The maximum Gasteiger partial charge on any atom is 0.260 e. The largest absolute Gasteiger partial charge is 0.507 e. The van der Waals surface area contributed by atoms with Crippen molar-refractivity contribution < 1.29 is 9.52 Å². The Balaban J connectivity index is 1.82. The van der Waals surface area contributed by atoms with Gasteiger partial charge in [-0.1, -0.05) is 12.1 Å². The Morgan fingerprint density at radius 2 is 1.84 bits per heavy atom. The molecule has 1 aliphatic heterocycles. The molecule has 0 spiro atoms. The van der Waals surface area contributed by atoms with Crippen LogP contribution in [-0.2, 0) is 6.54 Å². The number of hydrogen-bond donors (Lipinski definition) is 1. The van der Waals surface area contributed by atoms with Gasteiger partial charge in [0.15, 0.2) is 0 Å². The number of furan rings is 1. The summed E-state index contributed by atoms with van der Waals surface area (Å²) in [5, 5.41) is 11.0. The smallest absolute Gasteiger partial charge is 0.260 e. The third-order valence-electron chi connectivity index (χ3n) is 6.02. The first-order valence-corrected chi connectivity index (χ1v) is 11.7. The van der Waals surface area contributed by atoms with Crippen molar-refractivity contribution in [3.63, 3.8) is 0 Å². The first-order chi connectivity index (χ1) is 15.0. The third-order valence-corrected chi connectivity index (χ3v) is 6.77. The fourth-order valence-corrected chi connectivity index (χ4v) is 4.62. The van der Waals surface area contributed by atoms with Crippen molar-refractivity contribution >= 4 is 11.8 Å². The van der Waals surface area contributed by atoms with Gasteiger partial charge in [-0.2, -0.15) is 0 Å². The summed E-state index contributed by atoms with van der Waals surface area (Å²) >= 11 is 1.69. The van der Waals surface area contributed by atoms with Crippen LogP contribution >= 0.6 is 11.8 Å². The zero-order valence-corrected chi connectivity index (χ0v) is 19.1. The van der Waals surface area contributed by atoms with Gasteiger partial charge in [-0.25, -0.2) is 0 Å². The van der Waals surface area contributed by atoms with Gasteiger partial charge >= 0.3 is 0 Å². The zero-order chi connectivity index (χ0) is 22.0.